The Hall–Kier alpha value is -1.63. The Morgan fingerprint density at radius 2 is 2.05 bits per heavy atom. The number of Topliss-reactive ketones (excluding diaryl/α,β-unsaturated/α-hetero) is 1. The number of nitrogens with one attached hydrogen (secondary N) is 1. The minimum Gasteiger partial charge on any atom is -0.336 e. The van der Waals surface area contributed by atoms with E-state index in [0.717, 1.165) is 11.4 Å². The number of hydrogen-bond donors (Lipinski definition) is 1. The Balaban J connectivity index is 2.09. The lowest BCUT2D eigenvalue weighted by Crippen LogP contribution is -2.70. The number of thioether (sulfide) groups is 1. The van der Waals surface area contributed by atoms with Crippen molar-refractivity contribution in [2.24, 2.45) is 4.99 Å². The molecule has 1 N–H and O–H groups in total. The van der Waals surface area contributed by atoms with E-state index in [1.165, 1.54) is 19.5 Å². The number of nitrogens with zero attached hydrogens (tertiary/aromatic N) is 2. The van der Waals surface area contributed by atoms with Crippen molar-refractivity contribution >= 4 is 35.1 Å². The molecule has 0 aromatic heterocycles. The summed E-state index contributed by atoms with van der Waals surface area (Å²) in [5.74, 6) is -0.278. The summed E-state index contributed by atoms with van der Waals surface area (Å²) in [6.45, 7) is 5.18. The zero-order chi connectivity index (χ0) is 15.0. The van der Waals surface area contributed by atoms with E-state index in [9.17, 15) is 14.4 Å². The van der Waals surface area contributed by atoms with Crippen molar-refractivity contribution in [2.45, 2.75) is 32.2 Å². The minimum absolute atomic E-state index is 0.0831. The SMILES string of the molecule is CN=C(C(C)=O)C(=O)N[C@@H]1C(=O)N2C(C)=C(C)CS[C@H]12. The van der Waals surface area contributed by atoms with E-state index in [0.29, 0.717) is 0 Å². The van der Waals surface area contributed by atoms with Crippen LogP contribution in [0.1, 0.15) is 20.8 Å². The highest BCUT2D eigenvalue weighted by molar-refractivity contribution is 8.00. The van der Waals surface area contributed by atoms with Gasteiger partial charge in [0.05, 0.1) is 0 Å². The monoisotopic (exact) mass is 295 g/mol. The summed E-state index contributed by atoms with van der Waals surface area (Å²) in [5, 5.41) is 2.52. The number of aliphatic imine (C=N–C) groups is 1. The van der Waals surface area contributed by atoms with Crippen molar-refractivity contribution in [3.63, 3.8) is 0 Å². The summed E-state index contributed by atoms with van der Waals surface area (Å²) in [4.78, 5) is 40.7. The second-order valence-electron chi connectivity index (χ2n) is 4.86. The average Bonchev–Trinajstić information content (AvgIpc) is 2.39. The first-order chi connectivity index (χ1) is 9.38. The van der Waals surface area contributed by atoms with Crippen molar-refractivity contribution in [2.75, 3.05) is 12.8 Å². The number of allylic oxidation sites excluding steroid dienone is 1. The van der Waals surface area contributed by atoms with E-state index < -0.39 is 17.7 Å². The van der Waals surface area contributed by atoms with Gasteiger partial charge in [0, 0.05) is 25.4 Å². The molecular weight excluding hydrogens is 278 g/mol. The molecule has 2 amide bonds. The number of β-lactam (4-membered cyclic amide) rings is 1. The molecule has 0 aromatic rings. The van der Waals surface area contributed by atoms with Crippen LogP contribution < -0.4 is 5.32 Å². The third kappa shape index (κ3) is 2.26. The molecular formula is C13H17N3O3S. The molecule has 6 nitrogen and oxygen atoms in total. The predicted octanol–water partition coefficient (Wildman–Crippen LogP) is 0.340. The maximum Gasteiger partial charge on any atom is 0.273 e. The number of amides is 2. The molecule has 1 fully saturated rings. The molecule has 108 valence electrons. The van der Waals surface area contributed by atoms with Gasteiger partial charge in [-0.15, -0.1) is 11.8 Å². The standard InChI is InChI=1S/C13H17N3O3S/c1-6-5-20-13-10(12(19)16(13)7(6)2)15-11(18)9(14-4)8(3)17/h10,13H,5H2,1-4H3,(H,15,18)/t10-,13-/m1/s1. The number of rotatable bonds is 3. The van der Waals surface area contributed by atoms with Crippen LogP contribution in [-0.2, 0) is 14.4 Å². The van der Waals surface area contributed by atoms with Gasteiger partial charge in [0.1, 0.15) is 11.4 Å². The van der Waals surface area contributed by atoms with Crippen molar-refractivity contribution in [1.82, 2.24) is 10.2 Å². The van der Waals surface area contributed by atoms with Crippen molar-refractivity contribution in [3.8, 4) is 0 Å². The highest BCUT2D eigenvalue weighted by Gasteiger charge is 2.51. The van der Waals surface area contributed by atoms with E-state index >= 15 is 0 Å². The first-order valence-electron chi connectivity index (χ1n) is 6.28. The molecule has 1 saturated heterocycles. The first-order valence-corrected chi connectivity index (χ1v) is 7.33. The lowest BCUT2D eigenvalue weighted by molar-refractivity contribution is -0.145. The summed E-state index contributed by atoms with van der Waals surface area (Å²) < 4.78 is 0. The summed E-state index contributed by atoms with van der Waals surface area (Å²) in [6, 6.07) is -0.577. The van der Waals surface area contributed by atoms with Crippen LogP contribution in [0.2, 0.25) is 0 Å². The van der Waals surface area contributed by atoms with Gasteiger partial charge in [0.25, 0.3) is 11.8 Å². The van der Waals surface area contributed by atoms with Crippen molar-refractivity contribution in [3.05, 3.63) is 11.3 Å². The molecule has 2 aliphatic rings. The zero-order valence-corrected chi connectivity index (χ0v) is 12.7. The molecule has 0 saturated carbocycles. The molecule has 2 heterocycles. The molecule has 2 rings (SSSR count). The Labute approximate surface area is 121 Å². The molecule has 0 unspecified atom stereocenters. The van der Waals surface area contributed by atoms with E-state index in [2.05, 4.69) is 10.3 Å². The van der Waals surface area contributed by atoms with Gasteiger partial charge in [-0.05, 0) is 19.4 Å². The number of carbonyl (C=O) groups is 3. The third-order valence-electron chi connectivity index (χ3n) is 3.55. The highest BCUT2D eigenvalue weighted by atomic mass is 32.2. The second-order valence-corrected chi connectivity index (χ2v) is 5.96. The van der Waals surface area contributed by atoms with Gasteiger partial charge < -0.3 is 5.32 Å². The molecule has 20 heavy (non-hydrogen) atoms. The van der Waals surface area contributed by atoms with Gasteiger partial charge in [-0.25, -0.2) is 0 Å². The van der Waals surface area contributed by atoms with Gasteiger partial charge >= 0.3 is 0 Å². The van der Waals surface area contributed by atoms with Crippen molar-refractivity contribution < 1.29 is 14.4 Å². The van der Waals surface area contributed by atoms with Gasteiger partial charge in [-0.2, -0.15) is 0 Å². The normalized spacial score (nSPS) is 26.1. The second kappa shape index (κ2) is 5.40. The summed E-state index contributed by atoms with van der Waals surface area (Å²) >= 11 is 1.61. The van der Waals surface area contributed by atoms with Crippen LogP contribution in [0.25, 0.3) is 0 Å². The number of hydrogen-bond acceptors (Lipinski definition) is 5. The lowest BCUT2D eigenvalue weighted by Gasteiger charge is -2.49. The fourth-order valence-corrected chi connectivity index (χ4v) is 3.69. The molecule has 0 aromatic carbocycles. The van der Waals surface area contributed by atoms with Crippen LogP contribution in [0, 0.1) is 0 Å². The molecule has 0 bridgehead atoms. The van der Waals surface area contributed by atoms with Gasteiger partial charge in [-0.1, -0.05) is 0 Å². The highest BCUT2D eigenvalue weighted by Crippen LogP contribution is 2.39. The van der Waals surface area contributed by atoms with E-state index in [4.69, 9.17) is 0 Å². The molecule has 2 aliphatic heterocycles. The van der Waals surface area contributed by atoms with Crippen molar-refractivity contribution in [1.29, 1.82) is 0 Å². The van der Waals surface area contributed by atoms with Crippen LogP contribution in [0.4, 0.5) is 0 Å². The van der Waals surface area contributed by atoms with Gasteiger partial charge in [0.2, 0.25) is 0 Å². The van der Waals surface area contributed by atoms with Crippen LogP contribution in [0.5, 0.6) is 0 Å². The summed E-state index contributed by atoms with van der Waals surface area (Å²) in [7, 11) is 1.39. The Morgan fingerprint density at radius 1 is 1.40 bits per heavy atom. The predicted molar refractivity (Wildman–Crippen MR) is 77.4 cm³/mol. The maximum absolute atomic E-state index is 12.1. The Morgan fingerprint density at radius 3 is 2.60 bits per heavy atom. The van der Waals surface area contributed by atoms with E-state index in [-0.39, 0.29) is 17.0 Å². The smallest absolute Gasteiger partial charge is 0.273 e. The van der Waals surface area contributed by atoms with Crippen LogP contribution >= 0.6 is 11.8 Å². The molecule has 7 heteroatoms. The first kappa shape index (κ1) is 14.8. The summed E-state index contributed by atoms with van der Waals surface area (Å²) in [5.41, 5.74) is 1.98. The van der Waals surface area contributed by atoms with E-state index in [1.54, 1.807) is 16.7 Å². The zero-order valence-electron chi connectivity index (χ0n) is 11.9. The largest absolute Gasteiger partial charge is 0.336 e. The van der Waals surface area contributed by atoms with E-state index in [1.807, 2.05) is 13.8 Å². The summed E-state index contributed by atoms with van der Waals surface area (Å²) in [6.07, 6.45) is 0. The number of fused-ring (bicyclic) bond motifs is 1. The fraction of sp³-hybridized carbons (Fsp3) is 0.538. The van der Waals surface area contributed by atoms with Gasteiger partial charge in [0.15, 0.2) is 11.5 Å². The average molecular weight is 295 g/mol. The Bertz CT molecular complexity index is 553. The van der Waals surface area contributed by atoms with Gasteiger partial charge in [-0.3, -0.25) is 24.3 Å². The van der Waals surface area contributed by atoms with Crippen LogP contribution in [0.15, 0.2) is 16.3 Å². The third-order valence-corrected chi connectivity index (χ3v) is 4.98. The fourth-order valence-electron chi connectivity index (χ4n) is 2.27. The van der Waals surface area contributed by atoms with Crippen LogP contribution in [-0.4, -0.2) is 52.4 Å². The topological polar surface area (TPSA) is 78.8 Å². The lowest BCUT2D eigenvalue weighted by atomic mass is 10.0. The Kier molecular flexibility index (Phi) is 3.99. The number of carbonyl (C=O) groups excluding carboxylic acids is 3. The molecule has 2 atom stereocenters. The number of ketones is 1. The van der Waals surface area contributed by atoms with Crippen LogP contribution in [0.3, 0.4) is 0 Å². The molecule has 0 radical (unpaired) electrons. The quantitative estimate of drug-likeness (QED) is 0.462. The molecule has 0 spiro atoms. The minimum atomic E-state index is -0.581. The maximum atomic E-state index is 12.1. The molecule has 0 aliphatic carbocycles.